The van der Waals surface area contributed by atoms with Gasteiger partial charge >= 0.3 is 5.97 Å². The Morgan fingerprint density at radius 1 is 0.897 bits per heavy atom. The molecule has 8 heteroatoms. The Hall–Kier alpha value is -3.42. The summed E-state index contributed by atoms with van der Waals surface area (Å²) in [4.78, 5) is 53.0. The van der Waals surface area contributed by atoms with Crippen molar-refractivity contribution in [2.45, 2.75) is 97.4 Å². The highest BCUT2D eigenvalue weighted by Crippen LogP contribution is 2.22. The van der Waals surface area contributed by atoms with Gasteiger partial charge in [0.05, 0.1) is 6.42 Å². The largest absolute Gasteiger partial charge is 0.460 e. The number of hydrogen-bond acceptors (Lipinski definition) is 5. The van der Waals surface area contributed by atoms with E-state index in [2.05, 4.69) is 22.9 Å². The molecule has 1 aliphatic rings. The molecule has 0 aliphatic carbocycles. The fourth-order valence-corrected chi connectivity index (χ4v) is 4.87. The molecule has 3 N–H and O–H groups in total. The van der Waals surface area contributed by atoms with Crippen LogP contribution < -0.4 is 16.0 Å². The van der Waals surface area contributed by atoms with Crippen molar-refractivity contribution in [3.8, 4) is 0 Å². The van der Waals surface area contributed by atoms with Crippen LogP contribution in [0.3, 0.4) is 0 Å². The lowest BCUT2D eigenvalue weighted by molar-refractivity contribution is -0.158. The average molecular weight is 538 g/mol. The van der Waals surface area contributed by atoms with Gasteiger partial charge in [-0.2, -0.15) is 0 Å². The van der Waals surface area contributed by atoms with E-state index in [9.17, 15) is 19.2 Å². The molecule has 1 heterocycles. The maximum absolute atomic E-state index is 13.4. The van der Waals surface area contributed by atoms with Gasteiger partial charge in [-0.3, -0.25) is 14.4 Å². The monoisotopic (exact) mass is 537 g/mol. The highest BCUT2D eigenvalue weighted by Gasteiger charge is 2.35. The minimum Gasteiger partial charge on any atom is -0.460 e. The molecule has 3 amide bonds. The van der Waals surface area contributed by atoms with E-state index < -0.39 is 42.0 Å². The van der Waals surface area contributed by atoms with Gasteiger partial charge in [0.2, 0.25) is 17.7 Å². The number of ether oxygens (including phenoxy) is 1. The average Bonchev–Trinajstić information content (AvgIpc) is 2.92. The normalized spacial score (nSPS) is 24.7. The Balaban J connectivity index is 1.92. The SMILES string of the molecule is CCCC[C@H](C)[C@H]1CC(=O)N[C@H](Cc2ccc3ccccc3c2)C(=O)N[C@@H](C)C(=O)N[C@@H]([C@H](C)CC)C(=O)O1. The molecule has 1 saturated heterocycles. The Morgan fingerprint density at radius 3 is 2.31 bits per heavy atom. The molecule has 0 radical (unpaired) electrons. The number of fused-ring (bicyclic) bond motifs is 1. The number of esters is 1. The van der Waals surface area contributed by atoms with Crippen molar-refractivity contribution in [1.29, 1.82) is 0 Å². The summed E-state index contributed by atoms with van der Waals surface area (Å²) in [6.07, 6.45) is 2.87. The number of cyclic esters (lactones) is 1. The second-order valence-corrected chi connectivity index (χ2v) is 10.9. The first-order chi connectivity index (χ1) is 18.6. The molecule has 1 fully saturated rings. The van der Waals surface area contributed by atoms with E-state index in [1.165, 1.54) is 0 Å². The highest BCUT2D eigenvalue weighted by molar-refractivity contribution is 5.94. The van der Waals surface area contributed by atoms with Gasteiger partial charge in [0.15, 0.2) is 0 Å². The van der Waals surface area contributed by atoms with E-state index in [-0.39, 0.29) is 30.6 Å². The van der Waals surface area contributed by atoms with Gasteiger partial charge in [-0.05, 0) is 41.5 Å². The molecule has 0 aromatic heterocycles. The van der Waals surface area contributed by atoms with Gasteiger partial charge in [0, 0.05) is 6.42 Å². The number of rotatable bonds is 8. The Bertz CT molecular complexity index is 1170. The van der Waals surface area contributed by atoms with Crippen LogP contribution in [0.25, 0.3) is 10.8 Å². The summed E-state index contributed by atoms with van der Waals surface area (Å²) in [5.41, 5.74) is 0.881. The molecule has 0 unspecified atom stereocenters. The van der Waals surface area contributed by atoms with Crippen molar-refractivity contribution in [2.24, 2.45) is 11.8 Å². The number of carbonyl (C=O) groups excluding carboxylic acids is 4. The van der Waals surface area contributed by atoms with Gasteiger partial charge in [-0.1, -0.05) is 89.4 Å². The van der Waals surface area contributed by atoms with Crippen molar-refractivity contribution in [3.05, 3.63) is 48.0 Å². The fraction of sp³-hybridized carbons (Fsp3) is 0.548. The first kappa shape index (κ1) is 30.1. The third kappa shape index (κ3) is 8.28. The van der Waals surface area contributed by atoms with Gasteiger partial charge in [-0.15, -0.1) is 0 Å². The van der Waals surface area contributed by atoms with Crippen molar-refractivity contribution < 1.29 is 23.9 Å². The summed E-state index contributed by atoms with van der Waals surface area (Å²) in [5.74, 6) is -2.11. The van der Waals surface area contributed by atoms with Crippen LogP contribution in [0.15, 0.2) is 42.5 Å². The molecule has 1 aliphatic heterocycles. The lowest BCUT2D eigenvalue weighted by atomic mass is 9.94. The number of hydrogen-bond donors (Lipinski definition) is 3. The molecule has 0 spiro atoms. The molecule has 212 valence electrons. The maximum atomic E-state index is 13.4. The molecule has 0 saturated carbocycles. The topological polar surface area (TPSA) is 114 Å². The van der Waals surface area contributed by atoms with Crippen LogP contribution in [0.5, 0.6) is 0 Å². The van der Waals surface area contributed by atoms with Gasteiger partial charge in [0.1, 0.15) is 24.2 Å². The first-order valence-electron chi connectivity index (χ1n) is 14.2. The van der Waals surface area contributed by atoms with Crippen LogP contribution >= 0.6 is 0 Å². The molecule has 6 atom stereocenters. The Kier molecular flexibility index (Phi) is 10.9. The molecule has 0 bridgehead atoms. The van der Waals surface area contributed by atoms with Gasteiger partial charge in [-0.25, -0.2) is 4.79 Å². The van der Waals surface area contributed by atoms with E-state index in [4.69, 9.17) is 4.74 Å². The quantitative estimate of drug-likeness (QED) is 0.440. The van der Waals surface area contributed by atoms with Crippen molar-refractivity contribution in [2.75, 3.05) is 0 Å². The number of carbonyl (C=O) groups is 4. The van der Waals surface area contributed by atoms with Crippen molar-refractivity contribution >= 4 is 34.5 Å². The third-order valence-electron chi connectivity index (χ3n) is 7.72. The highest BCUT2D eigenvalue weighted by atomic mass is 16.5. The number of amides is 3. The van der Waals surface area contributed by atoms with Crippen molar-refractivity contribution in [3.63, 3.8) is 0 Å². The van der Waals surface area contributed by atoms with Crippen LogP contribution in [-0.4, -0.2) is 47.9 Å². The summed E-state index contributed by atoms with van der Waals surface area (Å²) in [6.45, 7) is 9.42. The van der Waals surface area contributed by atoms with E-state index in [0.717, 1.165) is 35.6 Å². The van der Waals surface area contributed by atoms with Crippen LogP contribution in [-0.2, 0) is 30.3 Å². The van der Waals surface area contributed by atoms with Crippen LogP contribution in [0.4, 0.5) is 0 Å². The number of unbranched alkanes of at least 4 members (excludes halogenated alkanes) is 1. The Morgan fingerprint density at radius 2 is 1.62 bits per heavy atom. The van der Waals surface area contributed by atoms with E-state index in [0.29, 0.717) is 6.42 Å². The minimum atomic E-state index is -0.909. The summed E-state index contributed by atoms with van der Waals surface area (Å²) < 4.78 is 5.92. The molecular formula is C31H43N3O5. The Labute approximate surface area is 231 Å². The predicted octanol–water partition coefficient (Wildman–Crippen LogP) is 4.04. The molecule has 3 rings (SSSR count). The van der Waals surface area contributed by atoms with Crippen LogP contribution in [0.2, 0.25) is 0 Å². The first-order valence-corrected chi connectivity index (χ1v) is 14.2. The smallest absolute Gasteiger partial charge is 0.329 e. The zero-order chi connectivity index (χ0) is 28.5. The van der Waals surface area contributed by atoms with E-state index in [1.54, 1.807) is 6.92 Å². The zero-order valence-corrected chi connectivity index (χ0v) is 23.8. The second-order valence-electron chi connectivity index (χ2n) is 10.9. The number of benzene rings is 2. The molecular weight excluding hydrogens is 494 g/mol. The second kappa shape index (κ2) is 14.1. The zero-order valence-electron chi connectivity index (χ0n) is 23.8. The van der Waals surface area contributed by atoms with Gasteiger partial charge in [0.25, 0.3) is 0 Å². The lowest BCUT2D eigenvalue weighted by Gasteiger charge is -2.29. The summed E-state index contributed by atoms with van der Waals surface area (Å²) in [6, 6.07) is 11.2. The predicted molar refractivity (Wildman–Crippen MR) is 152 cm³/mol. The van der Waals surface area contributed by atoms with Crippen LogP contribution in [0, 0.1) is 11.8 Å². The maximum Gasteiger partial charge on any atom is 0.329 e. The van der Waals surface area contributed by atoms with Gasteiger partial charge < -0.3 is 20.7 Å². The molecule has 39 heavy (non-hydrogen) atoms. The third-order valence-corrected chi connectivity index (χ3v) is 7.72. The number of nitrogens with one attached hydrogen (secondary N) is 3. The summed E-state index contributed by atoms with van der Waals surface area (Å²) >= 11 is 0. The van der Waals surface area contributed by atoms with E-state index >= 15 is 0 Å². The summed E-state index contributed by atoms with van der Waals surface area (Å²) in [7, 11) is 0. The van der Waals surface area contributed by atoms with E-state index in [1.807, 2.05) is 63.2 Å². The minimum absolute atomic E-state index is 0.0607. The molecule has 8 nitrogen and oxygen atoms in total. The molecule has 2 aromatic carbocycles. The standard InChI is InChI=1S/C31H43N3O5/c1-6-8-11-20(4)26-18-27(35)33-25(17-22-14-15-23-12-9-10-13-24(23)16-22)30(37)32-21(5)29(36)34-28(19(3)7-2)31(38)39-26/h9-10,12-16,19-21,25-26,28H,6-8,11,17-18H2,1-5H3,(H,32,37)(H,33,35)(H,34,36)/t19-,20+,21+,25-,26-,28+/m1/s1. The summed E-state index contributed by atoms with van der Waals surface area (Å²) in [5, 5.41) is 10.5. The van der Waals surface area contributed by atoms with Crippen LogP contribution in [0.1, 0.15) is 72.3 Å². The van der Waals surface area contributed by atoms with Crippen molar-refractivity contribution in [1.82, 2.24) is 16.0 Å². The fourth-order valence-electron chi connectivity index (χ4n) is 4.87. The lowest BCUT2D eigenvalue weighted by Crippen LogP contribution is -2.55. The molecule has 2 aromatic rings.